The summed E-state index contributed by atoms with van der Waals surface area (Å²) >= 11 is 0. The standard InChI is InChI=1S/C48H74O16/c1-11-12-33(53)61-29-22-58-41(37(60-25(3)50)36(29)59-24(2)49)63-31-14-16-48-23-47(48)18-17-44(8)38(46(10)15-13-32(64-46)43(6,7)56)26(51)20-45(44,9)30(47)19-28(39(48)42(31,4)5)62-40-35(55)34(54)27(52)21-57-40/h11-12,26-32,34-41,51-52,54-56H,13-23H2,1-10H3. The van der Waals surface area contributed by atoms with Gasteiger partial charge in [0, 0.05) is 25.8 Å². The van der Waals surface area contributed by atoms with Gasteiger partial charge in [-0.05, 0) is 124 Å². The topological polar surface area (TPSA) is 226 Å². The first-order chi connectivity index (χ1) is 29.8. The van der Waals surface area contributed by atoms with Crippen molar-refractivity contribution in [2.45, 2.75) is 212 Å². The van der Waals surface area contributed by atoms with Gasteiger partial charge in [0.05, 0.1) is 48.8 Å². The molecule has 3 aliphatic heterocycles. The van der Waals surface area contributed by atoms with Crippen LogP contribution in [0.15, 0.2) is 12.2 Å². The number of carbonyl (C=O) groups excluding carboxylic acids is 3. The van der Waals surface area contributed by atoms with E-state index < -0.39 is 102 Å². The summed E-state index contributed by atoms with van der Waals surface area (Å²) in [5.74, 6) is -2.28. The monoisotopic (exact) mass is 906 g/mol. The van der Waals surface area contributed by atoms with Crippen LogP contribution in [0.5, 0.6) is 0 Å². The molecule has 5 saturated carbocycles. The van der Waals surface area contributed by atoms with Crippen molar-refractivity contribution in [3.8, 4) is 0 Å². The average Bonchev–Trinajstić information content (AvgIpc) is 3.55. The number of allylic oxidation sites excluding steroid dienone is 1. The number of fused-ring (bicyclic) bond motifs is 2. The molecule has 20 unspecified atom stereocenters. The van der Waals surface area contributed by atoms with E-state index in [0.717, 1.165) is 32.1 Å². The fourth-order valence-electron chi connectivity index (χ4n) is 15.6. The minimum Gasteiger partial charge on any atom is -0.454 e. The Balaban J connectivity index is 1.12. The number of esters is 3. The number of hydrogen-bond donors (Lipinski definition) is 5. The Morgan fingerprint density at radius 2 is 1.39 bits per heavy atom. The molecule has 0 aromatic rings. The summed E-state index contributed by atoms with van der Waals surface area (Å²) in [6.45, 7) is 18.3. The van der Waals surface area contributed by atoms with Crippen LogP contribution in [0.1, 0.15) is 127 Å². The maximum atomic E-state index is 12.6. The fourth-order valence-corrected chi connectivity index (χ4v) is 15.6. The number of rotatable bonds is 10. The largest absolute Gasteiger partial charge is 0.454 e. The number of aliphatic hydroxyl groups is 5. The van der Waals surface area contributed by atoms with Crippen molar-refractivity contribution in [3.05, 3.63) is 12.2 Å². The SMILES string of the molecule is CC=CC(=O)OC1COC(OC2CCC34CC35CCC3(C)C(C6(C)CCC(C(C)(C)O)O6)C(O)CC3(C)C5CC(OC3OCC(O)C(O)C3O)C4C2(C)C)C(OC(C)=O)C1OC(C)=O. The van der Waals surface area contributed by atoms with Crippen molar-refractivity contribution in [1.29, 1.82) is 0 Å². The number of aliphatic hydroxyl groups excluding tert-OH is 4. The summed E-state index contributed by atoms with van der Waals surface area (Å²) in [5.41, 5.74) is -3.33. The molecule has 362 valence electrons. The van der Waals surface area contributed by atoms with Crippen LogP contribution in [0, 0.1) is 44.8 Å². The van der Waals surface area contributed by atoms with Gasteiger partial charge in [-0.3, -0.25) is 9.59 Å². The second kappa shape index (κ2) is 16.5. The van der Waals surface area contributed by atoms with Gasteiger partial charge in [0.15, 0.2) is 30.9 Å². The molecule has 2 spiro atoms. The molecular formula is C48H74O16. The lowest BCUT2D eigenvalue weighted by molar-refractivity contribution is -0.327. The molecule has 8 rings (SSSR count). The summed E-state index contributed by atoms with van der Waals surface area (Å²) in [6.07, 6.45) is -2.84. The minimum atomic E-state index is -1.51. The number of hydrogen-bond acceptors (Lipinski definition) is 16. The smallest absolute Gasteiger partial charge is 0.330 e. The maximum Gasteiger partial charge on any atom is 0.330 e. The lowest BCUT2D eigenvalue weighted by atomic mass is 9.41. The first-order valence-electron chi connectivity index (χ1n) is 23.6. The van der Waals surface area contributed by atoms with E-state index in [4.69, 9.17) is 37.9 Å². The molecule has 16 nitrogen and oxygen atoms in total. The van der Waals surface area contributed by atoms with Gasteiger partial charge in [-0.25, -0.2) is 4.79 Å². The molecule has 0 amide bonds. The molecule has 64 heavy (non-hydrogen) atoms. The first-order valence-corrected chi connectivity index (χ1v) is 23.6. The Morgan fingerprint density at radius 3 is 2.03 bits per heavy atom. The molecule has 5 aliphatic carbocycles. The van der Waals surface area contributed by atoms with E-state index in [9.17, 15) is 39.9 Å². The Labute approximate surface area is 377 Å². The third-order valence-electron chi connectivity index (χ3n) is 18.3. The summed E-state index contributed by atoms with van der Waals surface area (Å²) in [4.78, 5) is 37.6. The molecule has 3 heterocycles. The van der Waals surface area contributed by atoms with Gasteiger partial charge >= 0.3 is 17.9 Å². The molecule has 16 heteroatoms. The Kier molecular flexibility index (Phi) is 12.4. The molecule has 3 saturated heterocycles. The summed E-state index contributed by atoms with van der Waals surface area (Å²) < 4.78 is 49.9. The lowest BCUT2D eigenvalue weighted by Gasteiger charge is -2.65. The molecule has 20 atom stereocenters. The van der Waals surface area contributed by atoms with E-state index in [1.54, 1.807) is 20.8 Å². The van der Waals surface area contributed by atoms with Gasteiger partial charge in [0.1, 0.15) is 18.3 Å². The first kappa shape index (κ1) is 48.2. The summed E-state index contributed by atoms with van der Waals surface area (Å²) in [6, 6.07) is 0. The van der Waals surface area contributed by atoms with Gasteiger partial charge in [0.2, 0.25) is 0 Å². The van der Waals surface area contributed by atoms with Crippen LogP contribution in [0.25, 0.3) is 0 Å². The average molecular weight is 907 g/mol. The zero-order chi connectivity index (χ0) is 46.7. The molecule has 0 aromatic heterocycles. The van der Waals surface area contributed by atoms with Crippen LogP contribution < -0.4 is 0 Å². The van der Waals surface area contributed by atoms with Crippen molar-refractivity contribution in [3.63, 3.8) is 0 Å². The van der Waals surface area contributed by atoms with Crippen molar-refractivity contribution < 1.29 is 77.8 Å². The molecule has 0 radical (unpaired) electrons. The van der Waals surface area contributed by atoms with Crippen LogP contribution in [-0.4, -0.2) is 141 Å². The Morgan fingerprint density at radius 1 is 0.719 bits per heavy atom. The zero-order valence-electron chi connectivity index (χ0n) is 39.3. The molecule has 5 N–H and O–H groups in total. The predicted octanol–water partition coefficient (Wildman–Crippen LogP) is 3.63. The number of carbonyl (C=O) groups is 3. The van der Waals surface area contributed by atoms with Crippen molar-refractivity contribution in [1.82, 2.24) is 0 Å². The molecule has 0 bridgehead atoms. The zero-order valence-corrected chi connectivity index (χ0v) is 39.3. The molecule has 8 aliphatic rings. The van der Waals surface area contributed by atoms with Crippen LogP contribution in [0.3, 0.4) is 0 Å². The van der Waals surface area contributed by atoms with Gasteiger partial charge in [-0.1, -0.05) is 33.8 Å². The van der Waals surface area contributed by atoms with E-state index in [2.05, 4.69) is 34.6 Å². The van der Waals surface area contributed by atoms with Gasteiger partial charge in [-0.15, -0.1) is 0 Å². The lowest BCUT2D eigenvalue weighted by Crippen LogP contribution is -2.65. The highest BCUT2D eigenvalue weighted by Crippen LogP contribution is 2.89. The highest BCUT2D eigenvalue weighted by atomic mass is 16.7. The molecule has 0 aromatic carbocycles. The third-order valence-corrected chi connectivity index (χ3v) is 18.3. The van der Waals surface area contributed by atoms with Gasteiger partial charge < -0.3 is 63.4 Å². The van der Waals surface area contributed by atoms with Gasteiger partial charge in [-0.2, -0.15) is 0 Å². The van der Waals surface area contributed by atoms with Gasteiger partial charge in [0.25, 0.3) is 0 Å². The van der Waals surface area contributed by atoms with E-state index >= 15 is 0 Å². The third kappa shape index (κ3) is 7.51. The summed E-state index contributed by atoms with van der Waals surface area (Å²) in [5, 5.41) is 55.8. The quantitative estimate of drug-likeness (QED) is 0.0913. The second-order valence-electron chi connectivity index (χ2n) is 22.7. The normalized spacial score (nSPS) is 50.7. The van der Waals surface area contributed by atoms with E-state index in [-0.39, 0.29) is 58.7 Å². The highest BCUT2D eigenvalue weighted by Gasteiger charge is 2.85. The van der Waals surface area contributed by atoms with Crippen LogP contribution in [0.4, 0.5) is 0 Å². The van der Waals surface area contributed by atoms with Crippen molar-refractivity contribution in [2.24, 2.45) is 44.8 Å². The van der Waals surface area contributed by atoms with Crippen LogP contribution in [-0.2, 0) is 52.3 Å². The van der Waals surface area contributed by atoms with Crippen LogP contribution >= 0.6 is 0 Å². The Bertz CT molecular complexity index is 1830. The maximum absolute atomic E-state index is 12.6. The van der Waals surface area contributed by atoms with Crippen molar-refractivity contribution in [2.75, 3.05) is 13.2 Å². The minimum absolute atomic E-state index is 0.0937. The van der Waals surface area contributed by atoms with Crippen LogP contribution in [0.2, 0.25) is 0 Å². The fraction of sp³-hybridized carbons (Fsp3) is 0.896. The van der Waals surface area contributed by atoms with Crippen molar-refractivity contribution >= 4 is 17.9 Å². The molecule has 8 fully saturated rings. The van der Waals surface area contributed by atoms with E-state index in [0.29, 0.717) is 25.7 Å². The predicted molar refractivity (Wildman–Crippen MR) is 226 cm³/mol. The highest BCUT2D eigenvalue weighted by molar-refractivity contribution is 5.82. The second-order valence-corrected chi connectivity index (χ2v) is 22.7. The van der Waals surface area contributed by atoms with E-state index in [1.165, 1.54) is 26.0 Å². The Hall–Kier alpha value is -2.25. The van der Waals surface area contributed by atoms with E-state index in [1.807, 2.05) is 0 Å². The number of ether oxygens (including phenoxy) is 8. The molecular weight excluding hydrogens is 833 g/mol. The summed E-state index contributed by atoms with van der Waals surface area (Å²) in [7, 11) is 0.